The summed E-state index contributed by atoms with van der Waals surface area (Å²) in [5.41, 5.74) is 1.87. The van der Waals surface area contributed by atoms with Crippen LogP contribution < -0.4 is 5.32 Å². The number of hydrogen-bond acceptors (Lipinski definition) is 3. The second-order valence-corrected chi connectivity index (χ2v) is 4.41. The van der Waals surface area contributed by atoms with Crippen LogP contribution in [0.2, 0.25) is 0 Å². The molecule has 92 valence electrons. The molecule has 0 radical (unpaired) electrons. The van der Waals surface area contributed by atoms with Crippen molar-refractivity contribution in [2.24, 2.45) is 0 Å². The summed E-state index contributed by atoms with van der Waals surface area (Å²) in [4.78, 5) is 7.70. The number of halogens is 1. The van der Waals surface area contributed by atoms with E-state index in [9.17, 15) is 4.39 Å². The molecule has 1 aromatic rings. The molecular weight excluding hydrogens is 217 g/mol. The van der Waals surface area contributed by atoms with Crippen LogP contribution in [0.5, 0.6) is 0 Å². The Morgan fingerprint density at radius 2 is 2.24 bits per heavy atom. The average molecular weight is 235 g/mol. The number of aromatic nitrogens is 2. The summed E-state index contributed by atoms with van der Waals surface area (Å²) in [6.07, 6.45) is 9.64. The lowest BCUT2D eigenvalue weighted by Crippen LogP contribution is -2.08. The molecule has 0 aliphatic heterocycles. The van der Waals surface area contributed by atoms with Crippen LogP contribution in [0.25, 0.3) is 0 Å². The van der Waals surface area contributed by atoms with Crippen LogP contribution in [0.3, 0.4) is 0 Å². The van der Waals surface area contributed by atoms with E-state index in [1.165, 1.54) is 37.6 Å². The van der Waals surface area contributed by atoms with Gasteiger partial charge >= 0.3 is 0 Å². The lowest BCUT2D eigenvalue weighted by atomic mass is 9.97. The zero-order valence-corrected chi connectivity index (χ0v) is 10.2. The Kier molecular flexibility index (Phi) is 4.07. The minimum absolute atomic E-state index is 0.314. The monoisotopic (exact) mass is 235 g/mol. The van der Waals surface area contributed by atoms with Crippen LogP contribution in [0.4, 0.5) is 10.2 Å². The number of anilines is 1. The molecule has 1 aliphatic rings. The fourth-order valence-electron chi connectivity index (χ4n) is 2.05. The third-order valence-corrected chi connectivity index (χ3v) is 3.09. The lowest BCUT2D eigenvalue weighted by Gasteiger charge is -2.13. The minimum atomic E-state index is -0.342. The van der Waals surface area contributed by atoms with Crippen molar-refractivity contribution in [2.45, 2.75) is 39.0 Å². The first-order chi connectivity index (χ1) is 8.27. The van der Waals surface area contributed by atoms with Gasteiger partial charge in [0.05, 0.1) is 5.69 Å². The van der Waals surface area contributed by atoms with Crippen LogP contribution in [0, 0.1) is 12.7 Å². The van der Waals surface area contributed by atoms with E-state index in [0.29, 0.717) is 11.5 Å². The van der Waals surface area contributed by atoms with Crippen molar-refractivity contribution in [2.75, 3.05) is 11.9 Å². The lowest BCUT2D eigenvalue weighted by molar-refractivity contribution is 0.604. The summed E-state index contributed by atoms with van der Waals surface area (Å²) in [6, 6.07) is 0. The van der Waals surface area contributed by atoms with Gasteiger partial charge in [0.25, 0.3) is 0 Å². The van der Waals surface area contributed by atoms with E-state index in [-0.39, 0.29) is 5.82 Å². The smallest absolute Gasteiger partial charge is 0.186 e. The number of rotatable bonds is 4. The second kappa shape index (κ2) is 5.75. The standard InChI is InChI=1S/C13H18FN3/c1-10-12(14)13(17-9-16-10)15-8-7-11-5-3-2-4-6-11/h5,9H,2-4,6-8H2,1H3,(H,15,16,17). The van der Waals surface area contributed by atoms with Gasteiger partial charge in [0.1, 0.15) is 6.33 Å². The molecule has 0 unspecified atom stereocenters. The number of allylic oxidation sites excluding steroid dienone is 1. The molecule has 3 nitrogen and oxygen atoms in total. The molecule has 1 aliphatic carbocycles. The molecule has 0 atom stereocenters. The predicted molar refractivity (Wildman–Crippen MR) is 66.4 cm³/mol. The molecule has 17 heavy (non-hydrogen) atoms. The Morgan fingerprint density at radius 1 is 1.35 bits per heavy atom. The van der Waals surface area contributed by atoms with Crippen molar-refractivity contribution in [3.05, 3.63) is 29.5 Å². The summed E-state index contributed by atoms with van der Waals surface area (Å²) in [5, 5.41) is 3.03. The van der Waals surface area contributed by atoms with Crippen LogP contribution in [0.15, 0.2) is 18.0 Å². The molecule has 0 saturated heterocycles. The molecular formula is C13H18FN3. The number of nitrogens with one attached hydrogen (secondary N) is 1. The molecule has 1 heterocycles. The Hall–Kier alpha value is -1.45. The van der Waals surface area contributed by atoms with Gasteiger partial charge in [-0.25, -0.2) is 14.4 Å². The van der Waals surface area contributed by atoms with Crippen molar-refractivity contribution in [3.63, 3.8) is 0 Å². The Balaban J connectivity index is 1.85. The molecule has 0 bridgehead atoms. The Labute approximate surface area is 101 Å². The van der Waals surface area contributed by atoms with E-state index >= 15 is 0 Å². The topological polar surface area (TPSA) is 37.8 Å². The molecule has 0 aromatic carbocycles. The van der Waals surface area contributed by atoms with Gasteiger partial charge in [0.15, 0.2) is 11.6 Å². The van der Waals surface area contributed by atoms with Crippen molar-refractivity contribution in [1.82, 2.24) is 9.97 Å². The minimum Gasteiger partial charge on any atom is -0.367 e. The summed E-state index contributed by atoms with van der Waals surface area (Å²) in [6.45, 7) is 2.38. The van der Waals surface area contributed by atoms with Crippen molar-refractivity contribution >= 4 is 5.82 Å². The van der Waals surface area contributed by atoms with E-state index in [2.05, 4.69) is 21.4 Å². The van der Waals surface area contributed by atoms with Crippen molar-refractivity contribution in [1.29, 1.82) is 0 Å². The van der Waals surface area contributed by atoms with Gasteiger partial charge in [-0.1, -0.05) is 11.6 Å². The Bertz CT molecular complexity index is 415. The number of aryl methyl sites for hydroxylation is 1. The highest BCUT2D eigenvalue weighted by atomic mass is 19.1. The van der Waals surface area contributed by atoms with Gasteiger partial charge in [-0.3, -0.25) is 0 Å². The van der Waals surface area contributed by atoms with E-state index in [1.54, 1.807) is 6.92 Å². The second-order valence-electron chi connectivity index (χ2n) is 4.41. The maximum atomic E-state index is 13.6. The van der Waals surface area contributed by atoms with E-state index in [1.807, 2.05) is 0 Å². The van der Waals surface area contributed by atoms with E-state index in [4.69, 9.17) is 0 Å². The highest BCUT2D eigenvalue weighted by molar-refractivity contribution is 5.36. The first-order valence-electron chi connectivity index (χ1n) is 6.16. The highest BCUT2D eigenvalue weighted by Crippen LogP contribution is 2.20. The summed E-state index contributed by atoms with van der Waals surface area (Å²) >= 11 is 0. The quantitative estimate of drug-likeness (QED) is 0.814. The third kappa shape index (κ3) is 3.25. The van der Waals surface area contributed by atoms with Gasteiger partial charge in [-0.15, -0.1) is 0 Å². The van der Waals surface area contributed by atoms with Crippen LogP contribution >= 0.6 is 0 Å². The Morgan fingerprint density at radius 3 is 3.00 bits per heavy atom. The SMILES string of the molecule is Cc1ncnc(NCCC2=CCCCC2)c1F. The molecule has 1 aromatic heterocycles. The normalized spacial score (nSPS) is 15.5. The largest absolute Gasteiger partial charge is 0.367 e. The van der Waals surface area contributed by atoms with Gasteiger partial charge < -0.3 is 5.32 Å². The molecule has 0 saturated carbocycles. The first kappa shape index (κ1) is 12.0. The molecule has 0 fully saturated rings. The highest BCUT2D eigenvalue weighted by Gasteiger charge is 2.07. The molecule has 0 spiro atoms. The van der Waals surface area contributed by atoms with Gasteiger partial charge in [-0.2, -0.15) is 0 Å². The molecule has 1 N–H and O–H groups in total. The molecule has 4 heteroatoms. The maximum Gasteiger partial charge on any atom is 0.186 e. The summed E-state index contributed by atoms with van der Waals surface area (Å²) < 4.78 is 13.6. The average Bonchev–Trinajstić information content (AvgIpc) is 2.36. The third-order valence-electron chi connectivity index (χ3n) is 3.09. The van der Waals surface area contributed by atoms with Gasteiger partial charge in [-0.05, 0) is 39.0 Å². The van der Waals surface area contributed by atoms with E-state index < -0.39 is 0 Å². The predicted octanol–water partition coefficient (Wildman–Crippen LogP) is 3.23. The molecule has 0 amide bonds. The zero-order valence-electron chi connectivity index (χ0n) is 10.2. The van der Waals surface area contributed by atoms with Crippen LogP contribution in [-0.2, 0) is 0 Å². The first-order valence-corrected chi connectivity index (χ1v) is 6.16. The summed E-state index contributed by atoms with van der Waals surface area (Å²) in [7, 11) is 0. The summed E-state index contributed by atoms with van der Waals surface area (Å²) in [5.74, 6) is -0.0287. The zero-order chi connectivity index (χ0) is 12.1. The number of nitrogens with zero attached hydrogens (tertiary/aromatic N) is 2. The van der Waals surface area contributed by atoms with Gasteiger partial charge in [0, 0.05) is 6.54 Å². The van der Waals surface area contributed by atoms with E-state index in [0.717, 1.165) is 13.0 Å². The van der Waals surface area contributed by atoms with Crippen molar-refractivity contribution < 1.29 is 4.39 Å². The van der Waals surface area contributed by atoms with Crippen LogP contribution in [-0.4, -0.2) is 16.5 Å². The maximum absolute atomic E-state index is 13.6. The number of hydrogen-bond donors (Lipinski definition) is 1. The fourth-order valence-corrected chi connectivity index (χ4v) is 2.05. The van der Waals surface area contributed by atoms with Gasteiger partial charge in [0.2, 0.25) is 0 Å². The van der Waals surface area contributed by atoms with Crippen LogP contribution in [0.1, 0.15) is 37.8 Å². The molecule has 2 rings (SSSR count). The fraction of sp³-hybridized carbons (Fsp3) is 0.538. The van der Waals surface area contributed by atoms with Crippen molar-refractivity contribution in [3.8, 4) is 0 Å².